The topological polar surface area (TPSA) is 30.5 Å². The van der Waals surface area contributed by atoms with Gasteiger partial charge in [-0.15, -0.1) is 0 Å². The average molecular weight is 297 g/mol. The molecular weight excluding hydrogens is 280 g/mol. The predicted octanol–water partition coefficient (Wildman–Crippen LogP) is 2.51. The number of nitrogens with one attached hydrogen (secondary N) is 1. The van der Waals surface area contributed by atoms with Crippen molar-refractivity contribution in [1.82, 2.24) is 5.32 Å². The van der Waals surface area contributed by atoms with Crippen molar-refractivity contribution in [1.29, 1.82) is 0 Å². The lowest BCUT2D eigenvalue weighted by Crippen LogP contribution is -2.45. The molecule has 0 fully saturated rings. The van der Waals surface area contributed by atoms with Crippen LogP contribution < -0.4 is 5.32 Å². The Labute approximate surface area is 107 Å². The third kappa shape index (κ3) is 9.06. The third-order valence-electron chi connectivity index (χ3n) is 2.00. The van der Waals surface area contributed by atoms with Crippen molar-refractivity contribution in [3.63, 3.8) is 0 Å². The second-order valence-corrected chi connectivity index (χ2v) is 3.63. The molecule has 0 atom stereocenters. The van der Waals surface area contributed by atoms with E-state index < -0.39 is 25.1 Å². The summed E-state index contributed by atoms with van der Waals surface area (Å²) in [6.07, 6.45) is -14.0. The Kier molecular flexibility index (Phi) is 8.35. The smallest absolute Gasteiger partial charge is 0.382 e. The Morgan fingerprint density at radius 2 is 1.53 bits per heavy atom. The van der Waals surface area contributed by atoms with Crippen LogP contribution in [0.1, 0.15) is 13.3 Å². The minimum Gasteiger partial charge on any atom is -0.382 e. The molecule has 0 bridgehead atoms. The van der Waals surface area contributed by atoms with E-state index >= 15 is 0 Å². The molecule has 0 radical (unpaired) electrons. The van der Waals surface area contributed by atoms with E-state index in [2.05, 4.69) is 10.1 Å². The molecule has 116 valence electrons. The minimum atomic E-state index is -5.45. The highest BCUT2D eigenvalue weighted by atomic mass is 19.4. The van der Waals surface area contributed by atoms with Gasteiger partial charge in [-0.1, -0.05) is 0 Å². The van der Waals surface area contributed by atoms with Gasteiger partial charge in [0.15, 0.2) is 0 Å². The van der Waals surface area contributed by atoms with E-state index in [1.54, 1.807) is 0 Å². The normalized spacial score (nSPS) is 13.3. The molecule has 0 spiro atoms. The second-order valence-electron chi connectivity index (χ2n) is 3.63. The van der Waals surface area contributed by atoms with Gasteiger partial charge in [-0.05, 0) is 19.9 Å². The highest BCUT2D eigenvalue weighted by Gasteiger charge is 2.57. The first-order valence-corrected chi connectivity index (χ1v) is 5.73. The lowest BCUT2D eigenvalue weighted by molar-refractivity contribution is -0.321. The summed E-state index contributed by atoms with van der Waals surface area (Å²) in [7, 11) is 0. The van der Waals surface area contributed by atoms with Gasteiger partial charge < -0.3 is 14.8 Å². The van der Waals surface area contributed by atoms with Crippen LogP contribution in [0, 0.1) is 0 Å². The number of halogens is 6. The van der Waals surface area contributed by atoms with Crippen molar-refractivity contribution in [2.45, 2.75) is 31.8 Å². The molecule has 0 aliphatic rings. The largest absolute Gasteiger partial charge is 0.423 e. The molecular formula is C10H17F6NO2. The molecule has 0 unspecified atom stereocenters. The summed E-state index contributed by atoms with van der Waals surface area (Å²) in [6, 6.07) is 0. The van der Waals surface area contributed by atoms with Gasteiger partial charge in [0.25, 0.3) is 0 Å². The summed E-state index contributed by atoms with van der Waals surface area (Å²) in [5, 5.41) is 2.66. The first-order chi connectivity index (χ1) is 8.69. The lowest BCUT2D eigenvalue weighted by Gasteiger charge is -2.23. The number of rotatable bonds is 9. The molecule has 19 heavy (non-hydrogen) atoms. The fraction of sp³-hybridized carbons (Fsp3) is 1.00. The Bertz CT molecular complexity index is 217. The van der Waals surface area contributed by atoms with Gasteiger partial charge >= 0.3 is 12.4 Å². The highest BCUT2D eigenvalue weighted by Crippen LogP contribution is 2.35. The minimum absolute atomic E-state index is 0.0885. The van der Waals surface area contributed by atoms with Crippen molar-refractivity contribution in [2.24, 2.45) is 0 Å². The van der Waals surface area contributed by atoms with Gasteiger partial charge in [-0.3, -0.25) is 0 Å². The van der Waals surface area contributed by atoms with E-state index in [4.69, 9.17) is 4.74 Å². The van der Waals surface area contributed by atoms with E-state index in [1.807, 2.05) is 6.92 Å². The third-order valence-corrected chi connectivity index (χ3v) is 2.00. The zero-order chi connectivity index (χ0) is 14.9. The fourth-order valence-corrected chi connectivity index (χ4v) is 1.19. The number of hydrogen-bond donors (Lipinski definition) is 1. The average Bonchev–Trinajstić information content (AvgIpc) is 2.23. The van der Waals surface area contributed by atoms with Crippen molar-refractivity contribution < 1.29 is 35.8 Å². The maximum absolute atomic E-state index is 12.0. The van der Waals surface area contributed by atoms with E-state index in [-0.39, 0.29) is 6.54 Å². The molecule has 0 aromatic rings. The van der Waals surface area contributed by atoms with Crippen LogP contribution in [0.15, 0.2) is 0 Å². The molecule has 0 amide bonds. The van der Waals surface area contributed by atoms with Crippen LogP contribution in [0.5, 0.6) is 0 Å². The molecule has 0 aliphatic heterocycles. The molecule has 0 heterocycles. The molecule has 0 rings (SSSR count). The summed E-state index contributed by atoms with van der Waals surface area (Å²) in [5.41, 5.74) is 0. The van der Waals surface area contributed by atoms with E-state index in [9.17, 15) is 26.3 Å². The zero-order valence-corrected chi connectivity index (χ0v) is 10.4. The Balaban J connectivity index is 3.78. The van der Waals surface area contributed by atoms with Gasteiger partial charge in [0.2, 0.25) is 6.10 Å². The molecule has 0 aliphatic carbocycles. The number of alkyl halides is 6. The summed E-state index contributed by atoms with van der Waals surface area (Å²) in [4.78, 5) is 0. The Hall–Kier alpha value is -0.540. The molecule has 3 nitrogen and oxygen atoms in total. The molecule has 0 saturated carbocycles. The second kappa shape index (κ2) is 8.60. The monoisotopic (exact) mass is 297 g/mol. The maximum Gasteiger partial charge on any atom is 0.423 e. The predicted molar refractivity (Wildman–Crippen MR) is 55.8 cm³/mol. The SMILES string of the molecule is CCOCCCNCCOC(C(F)(F)F)C(F)(F)F. The summed E-state index contributed by atoms with van der Waals surface area (Å²) >= 11 is 0. The quantitative estimate of drug-likeness (QED) is 0.524. The van der Waals surface area contributed by atoms with Crippen molar-refractivity contribution in [3.8, 4) is 0 Å². The first-order valence-electron chi connectivity index (χ1n) is 5.73. The van der Waals surface area contributed by atoms with Crippen LogP contribution in [0.2, 0.25) is 0 Å². The maximum atomic E-state index is 12.0. The van der Waals surface area contributed by atoms with Crippen LogP contribution in [0.3, 0.4) is 0 Å². The molecule has 9 heteroatoms. The van der Waals surface area contributed by atoms with E-state index in [1.165, 1.54) is 0 Å². The standard InChI is InChI=1S/C10H17F6NO2/c1-2-18-6-3-4-17-5-7-19-8(9(11,12)13)10(14,15)16/h8,17H,2-7H2,1H3. The summed E-state index contributed by atoms with van der Waals surface area (Å²) < 4.78 is 81.1. The molecule has 0 saturated heterocycles. The van der Waals surface area contributed by atoms with Gasteiger partial charge in [-0.25, -0.2) is 0 Å². The van der Waals surface area contributed by atoms with Crippen LogP contribution in [0.25, 0.3) is 0 Å². The first kappa shape index (κ1) is 18.5. The van der Waals surface area contributed by atoms with E-state index in [0.29, 0.717) is 26.2 Å². The van der Waals surface area contributed by atoms with Gasteiger partial charge in [-0.2, -0.15) is 26.3 Å². The van der Waals surface area contributed by atoms with Crippen molar-refractivity contribution >= 4 is 0 Å². The van der Waals surface area contributed by atoms with E-state index in [0.717, 1.165) is 0 Å². The van der Waals surface area contributed by atoms with Crippen LogP contribution in [0.4, 0.5) is 26.3 Å². The Morgan fingerprint density at radius 3 is 2.00 bits per heavy atom. The van der Waals surface area contributed by atoms with Crippen molar-refractivity contribution in [2.75, 3.05) is 32.9 Å². The molecule has 0 aromatic carbocycles. The summed E-state index contributed by atoms with van der Waals surface area (Å²) in [5.74, 6) is 0. The Morgan fingerprint density at radius 1 is 0.947 bits per heavy atom. The van der Waals surface area contributed by atoms with Gasteiger partial charge in [0, 0.05) is 19.8 Å². The summed E-state index contributed by atoms with van der Waals surface area (Å²) in [6.45, 7) is 2.54. The van der Waals surface area contributed by atoms with Crippen LogP contribution in [-0.4, -0.2) is 51.4 Å². The fourth-order valence-electron chi connectivity index (χ4n) is 1.19. The lowest BCUT2D eigenvalue weighted by atomic mass is 10.3. The van der Waals surface area contributed by atoms with Gasteiger partial charge in [0.1, 0.15) is 0 Å². The molecule has 1 N–H and O–H groups in total. The zero-order valence-electron chi connectivity index (χ0n) is 10.4. The molecule has 0 aromatic heterocycles. The van der Waals surface area contributed by atoms with Crippen molar-refractivity contribution in [3.05, 3.63) is 0 Å². The van der Waals surface area contributed by atoms with Crippen LogP contribution in [-0.2, 0) is 9.47 Å². The number of hydrogen-bond acceptors (Lipinski definition) is 3. The highest BCUT2D eigenvalue weighted by molar-refractivity contribution is 4.76. The number of ether oxygens (including phenoxy) is 2. The van der Waals surface area contributed by atoms with Crippen LogP contribution >= 0.6 is 0 Å². The van der Waals surface area contributed by atoms with Gasteiger partial charge in [0.05, 0.1) is 6.61 Å².